The molecule has 1 rings (SSSR count). The molecule has 0 aromatic heterocycles. The number of carbonyl (C=O) groups is 2. The zero-order chi connectivity index (χ0) is 19.0. The van der Waals surface area contributed by atoms with Gasteiger partial charge in [-0.3, -0.25) is 4.79 Å². The predicted molar refractivity (Wildman–Crippen MR) is 94.0 cm³/mol. The SMILES string of the molecule is CCC(C)(NC(=O)/C=C/c1cc(OC)c(OC)c(OC)c1)C(=O)OC. The van der Waals surface area contributed by atoms with Crippen LogP contribution in [0.15, 0.2) is 18.2 Å². The van der Waals surface area contributed by atoms with E-state index in [4.69, 9.17) is 18.9 Å². The maximum atomic E-state index is 12.2. The van der Waals surface area contributed by atoms with Crippen LogP contribution in [0.1, 0.15) is 25.8 Å². The molecule has 0 aliphatic carbocycles. The van der Waals surface area contributed by atoms with Gasteiger partial charge in [-0.05, 0) is 37.1 Å². The van der Waals surface area contributed by atoms with E-state index in [1.165, 1.54) is 34.5 Å². The van der Waals surface area contributed by atoms with E-state index >= 15 is 0 Å². The van der Waals surface area contributed by atoms with Crippen LogP contribution in [0.5, 0.6) is 17.2 Å². The van der Waals surface area contributed by atoms with Gasteiger partial charge in [0.2, 0.25) is 11.7 Å². The third-order valence-electron chi connectivity index (χ3n) is 3.86. The quantitative estimate of drug-likeness (QED) is 0.571. The van der Waals surface area contributed by atoms with E-state index in [-0.39, 0.29) is 0 Å². The van der Waals surface area contributed by atoms with Crippen molar-refractivity contribution in [2.45, 2.75) is 25.8 Å². The largest absolute Gasteiger partial charge is 0.493 e. The Kier molecular flexibility index (Phi) is 7.29. The van der Waals surface area contributed by atoms with Gasteiger partial charge < -0.3 is 24.3 Å². The molecule has 0 bridgehead atoms. The zero-order valence-corrected chi connectivity index (χ0v) is 15.5. The fraction of sp³-hybridized carbons (Fsp3) is 0.444. The Labute approximate surface area is 147 Å². The number of benzene rings is 1. The van der Waals surface area contributed by atoms with Crippen molar-refractivity contribution in [3.05, 3.63) is 23.8 Å². The fourth-order valence-electron chi connectivity index (χ4n) is 2.19. The molecule has 1 amide bonds. The molecule has 1 aromatic carbocycles. The number of rotatable bonds is 8. The maximum Gasteiger partial charge on any atom is 0.331 e. The Hall–Kier alpha value is -2.70. The molecule has 0 spiro atoms. The summed E-state index contributed by atoms with van der Waals surface area (Å²) in [5.74, 6) is 0.522. The van der Waals surface area contributed by atoms with Crippen LogP contribution in [0, 0.1) is 0 Å². The van der Waals surface area contributed by atoms with E-state index < -0.39 is 17.4 Å². The highest BCUT2D eigenvalue weighted by atomic mass is 16.5. The minimum Gasteiger partial charge on any atom is -0.493 e. The van der Waals surface area contributed by atoms with Crippen molar-refractivity contribution in [2.75, 3.05) is 28.4 Å². The molecule has 25 heavy (non-hydrogen) atoms. The molecular formula is C18H25NO6. The number of carbonyl (C=O) groups excluding carboxylic acids is 2. The van der Waals surface area contributed by atoms with Crippen molar-refractivity contribution in [1.29, 1.82) is 0 Å². The van der Waals surface area contributed by atoms with Crippen molar-refractivity contribution < 1.29 is 28.5 Å². The molecule has 0 aliphatic rings. The number of ether oxygens (including phenoxy) is 4. The summed E-state index contributed by atoms with van der Waals surface area (Å²) >= 11 is 0. The molecule has 0 saturated heterocycles. The second kappa shape index (κ2) is 8.96. The van der Waals surface area contributed by atoms with Gasteiger partial charge in [0, 0.05) is 6.08 Å². The molecule has 7 heteroatoms. The van der Waals surface area contributed by atoms with E-state index in [0.29, 0.717) is 29.2 Å². The van der Waals surface area contributed by atoms with E-state index in [2.05, 4.69) is 5.32 Å². The van der Waals surface area contributed by atoms with Gasteiger partial charge in [0.25, 0.3) is 0 Å². The number of esters is 1. The van der Waals surface area contributed by atoms with Crippen molar-refractivity contribution in [3.63, 3.8) is 0 Å². The highest BCUT2D eigenvalue weighted by molar-refractivity contribution is 5.96. The summed E-state index contributed by atoms with van der Waals surface area (Å²) in [7, 11) is 5.83. The van der Waals surface area contributed by atoms with Crippen molar-refractivity contribution in [2.24, 2.45) is 0 Å². The first-order valence-corrected chi connectivity index (χ1v) is 7.73. The van der Waals surface area contributed by atoms with Crippen LogP contribution in [-0.4, -0.2) is 45.9 Å². The van der Waals surface area contributed by atoms with E-state index in [9.17, 15) is 9.59 Å². The summed E-state index contributed by atoms with van der Waals surface area (Å²) in [4.78, 5) is 24.0. The molecule has 0 radical (unpaired) electrons. The lowest BCUT2D eigenvalue weighted by Gasteiger charge is -2.25. The molecule has 0 saturated carbocycles. The third-order valence-corrected chi connectivity index (χ3v) is 3.86. The number of methoxy groups -OCH3 is 4. The first-order valence-electron chi connectivity index (χ1n) is 7.73. The molecule has 1 N–H and O–H groups in total. The maximum absolute atomic E-state index is 12.2. The minimum atomic E-state index is -1.08. The van der Waals surface area contributed by atoms with Gasteiger partial charge in [-0.2, -0.15) is 0 Å². The van der Waals surface area contributed by atoms with Crippen LogP contribution < -0.4 is 19.5 Å². The monoisotopic (exact) mass is 351 g/mol. The first kappa shape index (κ1) is 20.3. The van der Waals surface area contributed by atoms with Crippen molar-refractivity contribution in [1.82, 2.24) is 5.32 Å². The highest BCUT2D eigenvalue weighted by Crippen LogP contribution is 2.38. The Bertz CT molecular complexity index is 630. The molecule has 0 fully saturated rings. The average molecular weight is 351 g/mol. The Balaban J connectivity index is 3.01. The van der Waals surface area contributed by atoms with Gasteiger partial charge in [-0.15, -0.1) is 0 Å². The zero-order valence-electron chi connectivity index (χ0n) is 15.5. The summed E-state index contributed by atoms with van der Waals surface area (Å²) in [6, 6.07) is 3.43. The Morgan fingerprint density at radius 3 is 2.04 bits per heavy atom. The van der Waals surface area contributed by atoms with Crippen LogP contribution in [-0.2, 0) is 14.3 Å². The van der Waals surface area contributed by atoms with E-state index in [1.54, 1.807) is 32.1 Å². The fourth-order valence-corrected chi connectivity index (χ4v) is 2.19. The van der Waals surface area contributed by atoms with Gasteiger partial charge in [-0.1, -0.05) is 6.92 Å². The lowest BCUT2D eigenvalue weighted by atomic mass is 9.99. The molecule has 1 aromatic rings. The Morgan fingerprint density at radius 1 is 1.08 bits per heavy atom. The van der Waals surface area contributed by atoms with Crippen molar-refractivity contribution >= 4 is 18.0 Å². The van der Waals surface area contributed by atoms with Gasteiger partial charge in [0.05, 0.1) is 28.4 Å². The number of amides is 1. The van der Waals surface area contributed by atoms with Gasteiger partial charge in [-0.25, -0.2) is 4.79 Å². The predicted octanol–water partition coefficient (Wildman–Crippen LogP) is 2.18. The van der Waals surface area contributed by atoms with E-state index in [0.717, 1.165) is 0 Å². The van der Waals surface area contributed by atoms with Crippen LogP contribution in [0.25, 0.3) is 6.08 Å². The molecule has 1 unspecified atom stereocenters. The van der Waals surface area contributed by atoms with E-state index in [1.807, 2.05) is 0 Å². The lowest BCUT2D eigenvalue weighted by molar-refractivity contribution is -0.149. The Morgan fingerprint density at radius 2 is 1.64 bits per heavy atom. The van der Waals surface area contributed by atoms with Crippen molar-refractivity contribution in [3.8, 4) is 17.2 Å². The van der Waals surface area contributed by atoms with Gasteiger partial charge >= 0.3 is 5.97 Å². The normalized spacial score (nSPS) is 13.0. The second-order valence-corrected chi connectivity index (χ2v) is 5.46. The van der Waals surface area contributed by atoms with Gasteiger partial charge in [0.1, 0.15) is 5.54 Å². The molecule has 138 valence electrons. The summed E-state index contributed by atoms with van der Waals surface area (Å²) < 4.78 is 20.5. The first-order chi connectivity index (χ1) is 11.8. The van der Waals surface area contributed by atoms with Crippen LogP contribution in [0.2, 0.25) is 0 Å². The minimum absolute atomic E-state index is 0.406. The highest BCUT2D eigenvalue weighted by Gasteiger charge is 2.33. The lowest BCUT2D eigenvalue weighted by Crippen LogP contribution is -2.51. The number of nitrogens with one attached hydrogen (secondary N) is 1. The van der Waals surface area contributed by atoms with Crippen LogP contribution in [0.3, 0.4) is 0 Å². The molecule has 0 aliphatic heterocycles. The standard InChI is InChI=1S/C18H25NO6/c1-7-18(2,17(21)25-6)19-15(20)9-8-12-10-13(22-3)16(24-5)14(11-12)23-4/h8-11H,7H2,1-6H3,(H,19,20)/b9-8+. The van der Waals surface area contributed by atoms with Crippen LogP contribution >= 0.6 is 0 Å². The summed E-state index contributed by atoms with van der Waals surface area (Å²) in [6.07, 6.45) is 3.33. The smallest absolute Gasteiger partial charge is 0.331 e. The molecule has 1 atom stereocenters. The third kappa shape index (κ3) is 4.89. The number of hydrogen-bond donors (Lipinski definition) is 1. The molecule has 0 heterocycles. The molecular weight excluding hydrogens is 326 g/mol. The summed E-state index contributed by atoms with van der Waals surface area (Å²) in [6.45, 7) is 3.41. The van der Waals surface area contributed by atoms with Crippen LogP contribution in [0.4, 0.5) is 0 Å². The second-order valence-electron chi connectivity index (χ2n) is 5.46. The molecule has 7 nitrogen and oxygen atoms in total. The summed E-state index contributed by atoms with van der Waals surface area (Å²) in [5, 5.41) is 2.66. The topological polar surface area (TPSA) is 83.1 Å². The average Bonchev–Trinajstić information content (AvgIpc) is 2.64. The summed E-state index contributed by atoms with van der Waals surface area (Å²) in [5.41, 5.74) is -0.397. The number of hydrogen-bond acceptors (Lipinski definition) is 6. The van der Waals surface area contributed by atoms with Gasteiger partial charge in [0.15, 0.2) is 11.5 Å².